The van der Waals surface area contributed by atoms with Gasteiger partial charge in [0.15, 0.2) is 12.3 Å². The second-order valence-corrected chi connectivity index (χ2v) is 12.3. The van der Waals surface area contributed by atoms with Crippen LogP contribution in [0.15, 0.2) is 18.2 Å². The lowest BCUT2D eigenvalue weighted by Crippen LogP contribution is -2.54. The number of aliphatic hydroxyl groups is 2. The Hall–Kier alpha value is -2.70. The van der Waals surface area contributed by atoms with Crippen molar-refractivity contribution in [1.29, 1.82) is 0 Å². The van der Waals surface area contributed by atoms with Gasteiger partial charge in [0.25, 0.3) is 5.91 Å². The molecule has 2 fully saturated rings. The number of phenols is 2. The van der Waals surface area contributed by atoms with Gasteiger partial charge in [-0.3, -0.25) is 4.79 Å². The molecule has 1 saturated heterocycles. The molecule has 0 bridgehead atoms. The van der Waals surface area contributed by atoms with Gasteiger partial charge in [-0.15, -0.1) is 6.58 Å². The molecule has 0 radical (unpaired) electrons. The maximum Gasteiger partial charge on any atom is 0.342 e. The molecular formula is C31H45NO10. The number of aliphatic hydroxyl groups excluding tert-OH is 2. The van der Waals surface area contributed by atoms with Crippen LogP contribution in [0.2, 0.25) is 0 Å². The Morgan fingerprint density at radius 1 is 1.17 bits per heavy atom. The number of rotatable bonds is 12. The van der Waals surface area contributed by atoms with E-state index < -0.39 is 54.5 Å². The Morgan fingerprint density at radius 3 is 2.45 bits per heavy atom. The van der Waals surface area contributed by atoms with E-state index in [1.807, 2.05) is 6.92 Å². The first-order valence-electron chi connectivity index (χ1n) is 14.6. The maximum atomic E-state index is 12.9. The molecule has 2 aliphatic heterocycles. The van der Waals surface area contributed by atoms with Gasteiger partial charge in [0, 0.05) is 39.0 Å². The van der Waals surface area contributed by atoms with Gasteiger partial charge in [-0.05, 0) is 62.5 Å². The number of ether oxygens (including phenoxy) is 4. The monoisotopic (exact) mass is 591 g/mol. The number of cyclic esters (lactones) is 1. The van der Waals surface area contributed by atoms with Gasteiger partial charge in [-0.2, -0.15) is 0 Å². The number of nitrogens with one attached hydrogen (secondary N) is 1. The number of carbonyl (C=O) groups is 2. The van der Waals surface area contributed by atoms with Gasteiger partial charge >= 0.3 is 5.97 Å². The van der Waals surface area contributed by atoms with Crippen molar-refractivity contribution in [3.05, 3.63) is 34.9 Å². The SMILES string of the molecule is C=C(C)C[C@H](OC)[C@H](O)C(=O)N[C@@H](OC)[C@@H]1CCC2(CC2)[C@@H](C[C@H](O)[C@@H](C)[C@H]2Cc3c(C)c(O)cc(O)c3C(=O)O2)O1. The van der Waals surface area contributed by atoms with E-state index in [1.165, 1.54) is 14.2 Å². The van der Waals surface area contributed by atoms with Crippen molar-refractivity contribution in [1.82, 2.24) is 5.32 Å². The van der Waals surface area contributed by atoms with Gasteiger partial charge in [-0.1, -0.05) is 12.5 Å². The van der Waals surface area contributed by atoms with Gasteiger partial charge in [0.1, 0.15) is 29.3 Å². The van der Waals surface area contributed by atoms with Crippen LogP contribution in [0.25, 0.3) is 0 Å². The Balaban J connectivity index is 1.41. The van der Waals surface area contributed by atoms with Crippen LogP contribution in [-0.2, 0) is 30.2 Å². The number of carbonyl (C=O) groups excluding carboxylic acids is 2. The number of benzene rings is 1. The normalized spacial score (nSPS) is 26.4. The van der Waals surface area contributed by atoms with E-state index in [0.717, 1.165) is 30.9 Å². The van der Waals surface area contributed by atoms with Gasteiger partial charge < -0.3 is 44.7 Å². The second-order valence-electron chi connectivity index (χ2n) is 12.3. The largest absolute Gasteiger partial charge is 0.508 e. The molecule has 1 saturated carbocycles. The standard InChI is InChI=1S/C31H45NO10/c1-15(2)11-24(39-5)27(36)28(37)32-29(40-6)22-7-8-31(9-10-31)25(41-22)14-20(34)17(4)23-12-18-16(3)19(33)13-21(35)26(18)30(38)42-23/h13,17,20,22-25,27,29,33-36H,1,7-12,14H2,2-6H3,(H,32,37)/t17-,20+,22+,23-,24+,25-,27+,29+/m1/s1. The number of fused-ring (bicyclic) bond motifs is 1. The molecule has 0 unspecified atom stereocenters. The zero-order chi connectivity index (χ0) is 30.9. The topological polar surface area (TPSA) is 164 Å². The summed E-state index contributed by atoms with van der Waals surface area (Å²) in [4.78, 5) is 25.6. The molecule has 11 nitrogen and oxygen atoms in total. The summed E-state index contributed by atoms with van der Waals surface area (Å²) in [5.74, 6) is -2.22. The fraction of sp³-hybridized carbons (Fsp3) is 0.677. The molecule has 1 aromatic rings. The highest BCUT2D eigenvalue weighted by atomic mass is 16.6. The van der Waals surface area contributed by atoms with Crippen LogP contribution >= 0.6 is 0 Å². The molecule has 4 rings (SSSR count). The molecule has 234 valence electrons. The highest BCUT2D eigenvalue weighted by Crippen LogP contribution is 2.58. The van der Waals surface area contributed by atoms with E-state index >= 15 is 0 Å². The number of hydrogen-bond acceptors (Lipinski definition) is 10. The molecule has 42 heavy (non-hydrogen) atoms. The van der Waals surface area contributed by atoms with Crippen LogP contribution in [0.4, 0.5) is 0 Å². The summed E-state index contributed by atoms with van der Waals surface area (Å²) >= 11 is 0. The second kappa shape index (κ2) is 12.9. The molecule has 8 atom stereocenters. The van der Waals surface area contributed by atoms with Gasteiger partial charge in [0.05, 0.1) is 18.3 Å². The Bertz CT molecular complexity index is 1180. The number of phenolic OH excluding ortho intramolecular Hbond substituents is 2. The lowest BCUT2D eigenvalue weighted by Gasteiger charge is -2.42. The van der Waals surface area contributed by atoms with Crippen LogP contribution in [0.1, 0.15) is 73.9 Å². The first-order chi connectivity index (χ1) is 19.8. The predicted molar refractivity (Wildman–Crippen MR) is 152 cm³/mol. The van der Waals surface area contributed by atoms with Crippen molar-refractivity contribution in [2.45, 2.75) is 109 Å². The van der Waals surface area contributed by atoms with E-state index in [2.05, 4.69) is 11.9 Å². The van der Waals surface area contributed by atoms with Crippen molar-refractivity contribution < 1.29 is 49.0 Å². The quantitative estimate of drug-likeness (QED) is 0.139. The number of amides is 1. The Morgan fingerprint density at radius 2 is 1.86 bits per heavy atom. The van der Waals surface area contributed by atoms with Crippen LogP contribution in [0, 0.1) is 18.3 Å². The molecule has 1 spiro atoms. The lowest BCUT2D eigenvalue weighted by atomic mass is 9.80. The number of hydrogen-bond donors (Lipinski definition) is 5. The average Bonchev–Trinajstić information content (AvgIpc) is 3.73. The Kier molecular flexibility index (Phi) is 9.89. The summed E-state index contributed by atoms with van der Waals surface area (Å²) in [5.41, 5.74) is 1.77. The molecule has 0 aromatic heterocycles. The molecule has 1 aromatic carbocycles. The van der Waals surface area contributed by atoms with E-state index in [1.54, 1.807) is 13.8 Å². The van der Waals surface area contributed by atoms with Gasteiger partial charge in [-0.25, -0.2) is 4.79 Å². The molecule has 1 amide bonds. The van der Waals surface area contributed by atoms with Crippen LogP contribution in [-0.4, -0.2) is 89.4 Å². The summed E-state index contributed by atoms with van der Waals surface area (Å²) in [7, 11) is 2.89. The van der Waals surface area contributed by atoms with Crippen molar-refractivity contribution in [3.63, 3.8) is 0 Å². The van der Waals surface area contributed by atoms with Crippen molar-refractivity contribution in [3.8, 4) is 11.5 Å². The van der Waals surface area contributed by atoms with E-state index in [0.29, 0.717) is 30.4 Å². The molecule has 1 aliphatic carbocycles. The van der Waals surface area contributed by atoms with Crippen molar-refractivity contribution in [2.24, 2.45) is 11.3 Å². The minimum absolute atomic E-state index is 0.0489. The first-order valence-corrected chi connectivity index (χ1v) is 14.6. The third-order valence-corrected chi connectivity index (χ3v) is 9.38. The average molecular weight is 592 g/mol. The minimum Gasteiger partial charge on any atom is -0.508 e. The molecular weight excluding hydrogens is 546 g/mol. The minimum atomic E-state index is -1.42. The fourth-order valence-corrected chi connectivity index (χ4v) is 6.34. The lowest BCUT2D eigenvalue weighted by molar-refractivity contribution is -0.172. The van der Waals surface area contributed by atoms with E-state index in [4.69, 9.17) is 18.9 Å². The smallest absolute Gasteiger partial charge is 0.342 e. The van der Waals surface area contributed by atoms with Crippen molar-refractivity contribution >= 4 is 11.9 Å². The van der Waals surface area contributed by atoms with Crippen LogP contribution < -0.4 is 5.32 Å². The third kappa shape index (κ3) is 6.60. The fourth-order valence-electron chi connectivity index (χ4n) is 6.34. The summed E-state index contributed by atoms with van der Waals surface area (Å²) in [5, 5.41) is 45.0. The van der Waals surface area contributed by atoms with E-state index in [9.17, 15) is 30.0 Å². The maximum absolute atomic E-state index is 12.9. The third-order valence-electron chi connectivity index (χ3n) is 9.38. The number of esters is 1. The van der Waals surface area contributed by atoms with Crippen molar-refractivity contribution in [2.75, 3.05) is 14.2 Å². The zero-order valence-electron chi connectivity index (χ0n) is 25.1. The first kappa shape index (κ1) is 32.2. The number of aromatic hydroxyl groups is 2. The summed E-state index contributed by atoms with van der Waals surface area (Å²) < 4.78 is 23.0. The molecule has 11 heteroatoms. The zero-order valence-corrected chi connectivity index (χ0v) is 25.1. The van der Waals surface area contributed by atoms with E-state index in [-0.39, 0.29) is 35.0 Å². The Labute approximate surface area is 246 Å². The van der Waals surface area contributed by atoms with Gasteiger partial charge in [0.2, 0.25) is 0 Å². The molecule has 5 N–H and O–H groups in total. The molecule has 2 heterocycles. The highest BCUT2D eigenvalue weighted by Gasteiger charge is 2.55. The summed E-state index contributed by atoms with van der Waals surface area (Å²) in [6, 6.07) is 1.13. The predicted octanol–water partition coefficient (Wildman–Crippen LogP) is 2.63. The van der Waals surface area contributed by atoms with Crippen LogP contribution in [0.5, 0.6) is 11.5 Å². The van der Waals surface area contributed by atoms with Crippen LogP contribution in [0.3, 0.4) is 0 Å². The summed E-state index contributed by atoms with van der Waals surface area (Å²) in [6.07, 6.45) is -1.06. The number of methoxy groups -OCH3 is 2. The highest BCUT2D eigenvalue weighted by molar-refractivity contribution is 5.96. The summed E-state index contributed by atoms with van der Waals surface area (Å²) in [6.45, 7) is 9.10. The molecule has 3 aliphatic rings.